The number of carbonyl (C=O) groups excluding carboxylic acids is 1. The highest BCUT2D eigenvalue weighted by Gasteiger charge is 2.12. The Balaban J connectivity index is 2.11. The molecule has 8 heteroatoms. The molecular formula is C14H12N2O6. The summed E-state index contributed by atoms with van der Waals surface area (Å²) in [6.45, 7) is 0. The maximum absolute atomic E-state index is 11.8. The Morgan fingerprint density at radius 2 is 1.59 bits per heavy atom. The summed E-state index contributed by atoms with van der Waals surface area (Å²) in [7, 11) is 0. The molecule has 2 rings (SSSR count). The molecule has 0 aliphatic heterocycles. The Bertz CT molecular complexity index is 734. The predicted octanol–water partition coefficient (Wildman–Crippen LogP) is 0.978. The van der Waals surface area contributed by atoms with E-state index in [1.165, 1.54) is 12.1 Å². The van der Waals surface area contributed by atoms with E-state index in [1.807, 2.05) is 0 Å². The molecule has 0 aromatic heterocycles. The second-order valence-corrected chi connectivity index (χ2v) is 4.31. The lowest BCUT2D eigenvalue weighted by Gasteiger charge is -2.04. The molecule has 0 aliphatic carbocycles. The predicted molar refractivity (Wildman–Crippen MR) is 76.3 cm³/mol. The van der Waals surface area contributed by atoms with Crippen molar-refractivity contribution in [2.45, 2.75) is 0 Å². The van der Waals surface area contributed by atoms with Crippen molar-refractivity contribution in [1.29, 1.82) is 0 Å². The lowest BCUT2D eigenvalue weighted by molar-refractivity contribution is 0.0954. The third-order valence-electron chi connectivity index (χ3n) is 2.72. The molecular weight excluding hydrogens is 292 g/mol. The molecule has 0 fully saturated rings. The van der Waals surface area contributed by atoms with Crippen LogP contribution < -0.4 is 5.43 Å². The van der Waals surface area contributed by atoms with Crippen molar-refractivity contribution in [3.8, 4) is 28.7 Å². The zero-order chi connectivity index (χ0) is 16.3. The number of amides is 1. The van der Waals surface area contributed by atoms with Gasteiger partial charge in [-0.3, -0.25) is 4.79 Å². The number of phenols is 5. The summed E-state index contributed by atoms with van der Waals surface area (Å²) in [5, 5.41) is 50.1. The molecule has 0 saturated heterocycles. The molecule has 0 bridgehead atoms. The number of hydrogen-bond acceptors (Lipinski definition) is 7. The van der Waals surface area contributed by atoms with Crippen molar-refractivity contribution in [2.75, 3.05) is 0 Å². The fraction of sp³-hybridized carbons (Fsp3) is 0. The summed E-state index contributed by atoms with van der Waals surface area (Å²) in [6.07, 6.45) is 1.15. The quantitative estimate of drug-likeness (QED) is 0.283. The molecule has 6 N–H and O–H groups in total. The van der Waals surface area contributed by atoms with E-state index >= 15 is 0 Å². The number of benzene rings is 2. The van der Waals surface area contributed by atoms with Crippen LogP contribution in [0, 0.1) is 0 Å². The van der Waals surface area contributed by atoms with Gasteiger partial charge in [0.15, 0.2) is 17.2 Å². The number of nitrogens with zero attached hydrogens (tertiary/aromatic N) is 1. The normalized spacial score (nSPS) is 10.7. The Hall–Kier alpha value is -3.42. The summed E-state index contributed by atoms with van der Waals surface area (Å²) in [6, 6.07) is 5.74. The summed E-state index contributed by atoms with van der Waals surface area (Å²) >= 11 is 0. The SMILES string of the molecule is O=C(N/N=C/c1ccc(O)cc1O)c1cc(O)c(O)c(O)c1. The van der Waals surface area contributed by atoms with E-state index in [9.17, 15) is 25.2 Å². The molecule has 0 saturated carbocycles. The summed E-state index contributed by atoms with van der Waals surface area (Å²) in [5.41, 5.74) is 2.25. The number of hydrazone groups is 1. The number of rotatable bonds is 3. The van der Waals surface area contributed by atoms with E-state index in [4.69, 9.17) is 5.11 Å². The molecule has 0 spiro atoms. The lowest BCUT2D eigenvalue weighted by atomic mass is 10.2. The summed E-state index contributed by atoms with van der Waals surface area (Å²) in [4.78, 5) is 11.8. The van der Waals surface area contributed by atoms with E-state index < -0.39 is 23.2 Å². The van der Waals surface area contributed by atoms with Crippen LogP contribution in [0.5, 0.6) is 28.7 Å². The molecule has 0 aliphatic rings. The first-order valence-electron chi connectivity index (χ1n) is 5.99. The smallest absolute Gasteiger partial charge is 0.271 e. The molecule has 0 heterocycles. The van der Waals surface area contributed by atoms with Gasteiger partial charge in [0, 0.05) is 17.2 Å². The van der Waals surface area contributed by atoms with E-state index in [1.54, 1.807) is 0 Å². The molecule has 22 heavy (non-hydrogen) atoms. The third-order valence-corrected chi connectivity index (χ3v) is 2.72. The molecule has 2 aromatic rings. The Morgan fingerprint density at radius 1 is 0.955 bits per heavy atom. The first-order chi connectivity index (χ1) is 10.4. The van der Waals surface area contributed by atoms with Crippen LogP contribution in [0.25, 0.3) is 0 Å². The molecule has 0 atom stereocenters. The van der Waals surface area contributed by atoms with Crippen molar-refractivity contribution in [3.05, 3.63) is 41.5 Å². The minimum absolute atomic E-state index is 0.117. The highest BCUT2D eigenvalue weighted by atomic mass is 16.3. The molecule has 8 nitrogen and oxygen atoms in total. The van der Waals surface area contributed by atoms with Crippen molar-refractivity contribution in [2.24, 2.45) is 5.10 Å². The monoisotopic (exact) mass is 304 g/mol. The Kier molecular flexibility index (Phi) is 4.03. The van der Waals surface area contributed by atoms with E-state index in [0.29, 0.717) is 0 Å². The van der Waals surface area contributed by atoms with Crippen molar-refractivity contribution < 1.29 is 30.3 Å². The number of hydrogen-bond donors (Lipinski definition) is 6. The topological polar surface area (TPSA) is 143 Å². The third kappa shape index (κ3) is 3.18. The van der Waals surface area contributed by atoms with Crippen molar-refractivity contribution >= 4 is 12.1 Å². The zero-order valence-electron chi connectivity index (χ0n) is 11.1. The highest BCUT2D eigenvalue weighted by molar-refractivity contribution is 5.96. The van der Waals surface area contributed by atoms with Gasteiger partial charge in [0.05, 0.1) is 6.21 Å². The molecule has 0 radical (unpaired) electrons. The van der Waals surface area contributed by atoms with Gasteiger partial charge in [-0.25, -0.2) is 5.43 Å². The van der Waals surface area contributed by atoms with Crippen LogP contribution in [0.15, 0.2) is 35.4 Å². The second kappa shape index (κ2) is 5.92. The number of aromatic hydroxyl groups is 5. The van der Waals surface area contributed by atoms with E-state index in [0.717, 1.165) is 24.4 Å². The van der Waals surface area contributed by atoms with E-state index in [-0.39, 0.29) is 22.6 Å². The van der Waals surface area contributed by atoms with Gasteiger partial charge in [-0.1, -0.05) is 0 Å². The van der Waals surface area contributed by atoms with Crippen LogP contribution in [0.2, 0.25) is 0 Å². The lowest BCUT2D eigenvalue weighted by Crippen LogP contribution is -2.17. The number of phenolic OH excluding ortho intramolecular Hbond substituents is 5. The van der Waals surface area contributed by atoms with E-state index in [2.05, 4.69) is 10.5 Å². The first-order valence-corrected chi connectivity index (χ1v) is 5.99. The minimum Gasteiger partial charge on any atom is -0.508 e. The van der Waals surface area contributed by atoms with Gasteiger partial charge in [0.1, 0.15) is 11.5 Å². The average Bonchev–Trinajstić information content (AvgIpc) is 2.46. The fourth-order valence-corrected chi connectivity index (χ4v) is 1.60. The molecule has 2 aromatic carbocycles. The average molecular weight is 304 g/mol. The summed E-state index contributed by atoms with van der Waals surface area (Å²) in [5.74, 6) is -3.11. The van der Waals surface area contributed by atoms with Gasteiger partial charge in [0.2, 0.25) is 0 Å². The number of carbonyl (C=O) groups is 1. The van der Waals surface area contributed by atoms with Crippen LogP contribution in [0.1, 0.15) is 15.9 Å². The molecule has 0 unspecified atom stereocenters. The van der Waals surface area contributed by atoms with Gasteiger partial charge in [0.25, 0.3) is 5.91 Å². The van der Waals surface area contributed by atoms with Gasteiger partial charge in [-0.15, -0.1) is 0 Å². The van der Waals surface area contributed by atoms with Crippen molar-refractivity contribution in [1.82, 2.24) is 5.43 Å². The fourth-order valence-electron chi connectivity index (χ4n) is 1.60. The standard InChI is InChI=1S/C14H12N2O6/c17-9-2-1-7(10(18)5-9)6-15-16-14(22)8-3-11(19)13(21)12(20)4-8/h1-6,17-21H,(H,16,22)/b15-6+. The molecule has 114 valence electrons. The Morgan fingerprint density at radius 3 is 2.18 bits per heavy atom. The maximum Gasteiger partial charge on any atom is 0.271 e. The Labute approximate surface area is 124 Å². The van der Waals surface area contributed by atoms with Gasteiger partial charge in [-0.2, -0.15) is 5.10 Å². The maximum atomic E-state index is 11.8. The van der Waals surface area contributed by atoms with Gasteiger partial charge >= 0.3 is 0 Å². The zero-order valence-corrected chi connectivity index (χ0v) is 11.1. The largest absolute Gasteiger partial charge is 0.508 e. The van der Waals surface area contributed by atoms with Gasteiger partial charge < -0.3 is 25.5 Å². The molecule has 1 amide bonds. The van der Waals surface area contributed by atoms with Crippen molar-refractivity contribution in [3.63, 3.8) is 0 Å². The van der Waals surface area contributed by atoms with Crippen LogP contribution >= 0.6 is 0 Å². The first kappa shape index (κ1) is 15.0. The van der Waals surface area contributed by atoms with Gasteiger partial charge in [-0.05, 0) is 24.3 Å². The summed E-state index contributed by atoms with van der Waals surface area (Å²) < 4.78 is 0. The van der Waals surface area contributed by atoms with Crippen LogP contribution in [-0.2, 0) is 0 Å². The highest BCUT2D eigenvalue weighted by Crippen LogP contribution is 2.35. The second-order valence-electron chi connectivity index (χ2n) is 4.31. The van der Waals surface area contributed by atoms with Crippen LogP contribution in [-0.4, -0.2) is 37.7 Å². The van der Waals surface area contributed by atoms with Crippen LogP contribution in [0.3, 0.4) is 0 Å². The van der Waals surface area contributed by atoms with Crippen LogP contribution in [0.4, 0.5) is 0 Å². The minimum atomic E-state index is -0.750. The number of nitrogens with one attached hydrogen (secondary N) is 1.